The fourth-order valence-corrected chi connectivity index (χ4v) is 2.21. The third kappa shape index (κ3) is 0.994. The first kappa shape index (κ1) is 9.07. The smallest absolute Gasteiger partial charge is 0.239 e. The molecule has 1 heterocycles. The highest BCUT2D eigenvalue weighted by Gasteiger charge is 2.68. The zero-order chi connectivity index (χ0) is 10.8. The number of ether oxygens (including phenoxy) is 1. The second-order valence-electron chi connectivity index (χ2n) is 3.89. The Balaban J connectivity index is 2.25. The zero-order valence-electron chi connectivity index (χ0n) is 7.91. The van der Waals surface area contributed by atoms with Crippen LogP contribution in [0.25, 0.3) is 0 Å². The van der Waals surface area contributed by atoms with Crippen LogP contribution in [0.4, 0.5) is 0 Å². The fourth-order valence-electron chi connectivity index (χ4n) is 1.92. The summed E-state index contributed by atoms with van der Waals surface area (Å²) in [6, 6.07) is 5.12. The molecule has 2 atom stereocenters. The Kier molecular flexibility index (Phi) is 1.50. The molecule has 0 saturated carbocycles. The van der Waals surface area contributed by atoms with Crippen LogP contribution in [0.3, 0.4) is 0 Å². The van der Waals surface area contributed by atoms with E-state index in [2.05, 4.69) is 0 Å². The normalized spacial score (nSPS) is 32.3. The van der Waals surface area contributed by atoms with E-state index in [1.54, 1.807) is 18.2 Å². The predicted molar refractivity (Wildman–Crippen MR) is 53.3 cm³/mol. The minimum Gasteiger partial charge on any atom is -0.333 e. The van der Waals surface area contributed by atoms with Crippen molar-refractivity contribution >= 4 is 23.2 Å². The van der Waals surface area contributed by atoms with Gasteiger partial charge in [-0.1, -0.05) is 29.3 Å². The monoisotopic (exact) mass is 222 g/mol. The van der Waals surface area contributed by atoms with Crippen LogP contribution in [0.15, 0.2) is 18.2 Å². The first-order valence-corrected chi connectivity index (χ1v) is 4.98. The molecule has 76 valence electrons. The Bertz CT molecular complexity index is 509. The van der Waals surface area contributed by atoms with Gasteiger partial charge in [0.05, 0.1) is 0 Å². The van der Waals surface area contributed by atoms with Gasteiger partial charge in [0.25, 0.3) is 0 Å². The lowest BCUT2D eigenvalue weighted by atomic mass is 9.88. The molecular weight excluding hydrogens is 216 g/mol. The summed E-state index contributed by atoms with van der Waals surface area (Å²) in [6.07, 6.45) is -0.777. The number of hydrogen-bond acceptors (Lipinski definition) is 3. The van der Waals surface area contributed by atoms with E-state index < -0.39 is 11.2 Å². The summed E-state index contributed by atoms with van der Waals surface area (Å²) in [7, 11) is 0. The van der Waals surface area contributed by atoms with Crippen LogP contribution in [0.2, 0.25) is 0 Å². The molecule has 1 aliphatic heterocycles. The molecule has 1 aromatic carbocycles. The fraction of sp³-hybridized carbons (Fsp3) is 0.273. The Hall–Kier alpha value is -1.19. The molecule has 1 fully saturated rings. The standard InChI is InChI=1S/C11H7ClO3/c1-5-2-3-6-7(4-5)8(13)10-11(12,15-10)9(6)14/h2-4,10H,1H3. The van der Waals surface area contributed by atoms with Gasteiger partial charge in [0.1, 0.15) is 0 Å². The summed E-state index contributed by atoms with van der Waals surface area (Å²) in [6.45, 7) is 1.87. The maximum absolute atomic E-state index is 11.8. The largest absolute Gasteiger partial charge is 0.333 e. The van der Waals surface area contributed by atoms with Crippen LogP contribution in [-0.2, 0) is 4.74 Å². The van der Waals surface area contributed by atoms with E-state index in [4.69, 9.17) is 16.3 Å². The molecule has 3 nitrogen and oxygen atoms in total. The van der Waals surface area contributed by atoms with Gasteiger partial charge in [-0.15, -0.1) is 0 Å². The molecule has 2 unspecified atom stereocenters. The maximum Gasteiger partial charge on any atom is 0.239 e. The van der Waals surface area contributed by atoms with E-state index in [0.717, 1.165) is 5.56 Å². The van der Waals surface area contributed by atoms with Gasteiger partial charge >= 0.3 is 0 Å². The summed E-state index contributed by atoms with van der Waals surface area (Å²) in [5, 5.41) is -1.40. The first-order chi connectivity index (χ1) is 7.04. The van der Waals surface area contributed by atoms with E-state index >= 15 is 0 Å². The second kappa shape index (κ2) is 2.49. The summed E-state index contributed by atoms with van der Waals surface area (Å²) in [5.41, 5.74) is 1.74. The van der Waals surface area contributed by atoms with Crippen molar-refractivity contribution < 1.29 is 14.3 Å². The minimum absolute atomic E-state index is 0.191. The number of alkyl halides is 1. The summed E-state index contributed by atoms with van der Waals surface area (Å²) >= 11 is 5.87. The molecule has 4 heteroatoms. The van der Waals surface area contributed by atoms with Crippen molar-refractivity contribution in [1.29, 1.82) is 0 Å². The van der Waals surface area contributed by atoms with E-state index in [-0.39, 0.29) is 11.6 Å². The Morgan fingerprint density at radius 1 is 1.33 bits per heavy atom. The third-order valence-electron chi connectivity index (χ3n) is 2.80. The van der Waals surface area contributed by atoms with E-state index in [9.17, 15) is 9.59 Å². The predicted octanol–water partition coefficient (Wildman–Crippen LogP) is 1.71. The van der Waals surface area contributed by atoms with E-state index in [0.29, 0.717) is 11.1 Å². The summed E-state index contributed by atoms with van der Waals surface area (Å²) in [4.78, 5) is 23.6. The quantitative estimate of drug-likeness (QED) is 0.496. The van der Waals surface area contributed by atoms with Gasteiger partial charge in [-0.25, -0.2) is 0 Å². The van der Waals surface area contributed by atoms with Gasteiger partial charge in [-0.2, -0.15) is 0 Å². The van der Waals surface area contributed by atoms with Gasteiger partial charge in [0, 0.05) is 11.1 Å². The van der Waals surface area contributed by atoms with Crippen LogP contribution in [0, 0.1) is 6.92 Å². The van der Waals surface area contributed by atoms with Crippen LogP contribution >= 0.6 is 11.6 Å². The molecule has 2 aliphatic rings. The molecule has 0 aromatic heterocycles. The van der Waals surface area contributed by atoms with Gasteiger partial charge < -0.3 is 4.74 Å². The lowest BCUT2D eigenvalue weighted by molar-refractivity contribution is 0.0908. The number of carbonyl (C=O) groups is 2. The lowest BCUT2D eigenvalue weighted by Gasteiger charge is -2.13. The van der Waals surface area contributed by atoms with Crippen molar-refractivity contribution in [2.45, 2.75) is 18.1 Å². The molecule has 15 heavy (non-hydrogen) atoms. The number of hydrogen-bond donors (Lipinski definition) is 0. The maximum atomic E-state index is 11.8. The number of benzene rings is 1. The topological polar surface area (TPSA) is 46.7 Å². The van der Waals surface area contributed by atoms with Crippen LogP contribution in [-0.4, -0.2) is 22.7 Å². The number of Topliss-reactive ketones (excluding diaryl/α,β-unsaturated/α-hetero) is 2. The number of ketones is 2. The SMILES string of the molecule is Cc1ccc2c(c1)C(=O)C1OC1(Cl)C2=O. The number of epoxide rings is 1. The van der Waals surface area contributed by atoms with Crippen LogP contribution < -0.4 is 0 Å². The highest BCUT2D eigenvalue weighted by molar-refractivity contribution is 6.44. The highest BCUT2D eigenvalue weighted by Crippen LogP contribution is 2.49. The molecule has 0 amide bonds. The van der Waals surface area contributed by atoms with Crippen LogP contribution in [0.1, 0.15) is 26.3 Å². The molecular formula is C11H7ClO3. The van der Waals surface area contributed by atoms with E-state index in [1.807, 2.05) is 6.92 Å². The number of fused-ring (bicyclic) bond motifs is 2. The van der Waals surface area contributed by atoms with Crippen LogP contribution in [0.5, 0.6) is 0 Å². The van der Waals surface area contributed by atoms with Crippen molar-refractivity contribution in [3.63, 3.8) is 0 Å². The number of aryl methyl sites for hydroxylation is 1. The zero-order valence-corrected chi connectivity index (χ0v) is 8.67. The van der Waals surface area contributed by atoms with E-state index in [1.165, 1.54) is 0 Å². The third-order valence-corrected chi connectivity index (χ3v) is 3.26. The Labute approximate surface area is 91.0 Å². The van der Waals surface area contributed by atoms with Crippen molar-refractivity contribution in [2.24, 2.45) is 0 Å². The van der Waals surface area contributed by atoms with Crippen molar-refractivity contribution in [3.8, 4) is 0 Å². The first-order valence-electron chi connectivity index (χ1n) is 4.60. The van der Waals surface area contributed by atoms with Crippen molar-refractivity contribution in [2.75, 3.05) is 0 Å². The van der Waals surface area contributed by atoms with Gasteiger partial charge in [-0.05, 0) is 13.0 Å². The minimum atomic E-state index is -1.40. The van der Waals surface area contributed by atoms with Gasteiger partial charge in [-0.3, -0.25) is 9.59 Å². The average Bonchev–Trinajstić information content (AvgIpc) is 2.89. The molecule has 0 N–H and O–H groups in total. The molecule has 1 aromatic rings. The van der Waals surface area contributed by atoms with Crippen molar-refractivity contribution in [3.05, 3.63) is 34.9 Å². The number of carbonyl (C=O) groups excluding carboxylic acids is 2. The number of rotatable bonds is 0. The van der Waals surface area contributed by atoms with Gasteiger partial charge in [0.2, 0.25) is 10.8 Å². The summed E-state index contributed by atoms with van der Waals surface area (Å²) in [5.74, 6) is -0.493. The molecule has 3 rings (SSSR count). The molecule has 1 aliphatic carbocycles. The number of halogens is 1. The second-order valence-corrected chi connectivity index (χ2v) is 4.45. The van der Waals surface area contributed by atoms with Gasteiger partial charge in [0.15, 0.2) is 11.9 Å². The Morgan fingerprint density at radius 2 is 2.07 bits per heavy atom. The van der Waals surface area contributed by atoms with Crippen molar-refractivity contribution in [1.82, 2.24) is 0 Å². The average molecular weight is 223 g/mol. The lowest BCUT2D eigenvalue weighted by Crippen LogP contribution is -2.32. The molecule has 0 bridgehead atoms. The molecule has 0 spiro atoms. The molecule has 1 saturated heterocycles. The summed E-state index contributed by atoms with van der Waals surface area (Å²) < 4.78 is 4.98. The molecule has 0 radical (unpaired) electrons. The highest BCUT2D eigenvalue weighted by atomic mass is 35.5. The Morgan fingerprint density at radius 3 is 2.80 bits per heavy atom.